The first-order valence-electron chi connectivity index (χ1n) is 5.10. The Morgan fingerprint density at radius 3 is 2.65 bits per heavy atom. The van der Waals surface area contributed by atoms with Crippen LogP contribution in [-0.2, 0) is 16.4 Å². The largest absolute Gasteiger partial charge is 0.253 e. The summed E-state index contributed by atoms with van der Waals surface area (Å²) in [6, 6.07) is 8.36. The van der Waals surface area contributed by atoms with Gasteiger partial charge in [0.05, 0.1) is 10.4 Å². The van der Waals surface area contributed by atoms with Crippen LogP contribution >= 0.6 is 11.3 Å². The van der Waals surface area contributed by atoms with Gasteiger partial charge >= 0.3 is 0 Å². The Morgan fingerprint density at radius 1 is 1.24 bits per heavy atom. The molecule has 0 amide bonds. The molecular formula is C11H12N2O2S2. The second kappa shape index (κ2) is 5.39. The Kier molecular flexibility index (Phi) is 3.88. The number of thiazole rings is 1. The molecule has 2 rings (SSSR count). The van der Waals surface area contributed by atoms with Crippen LogP contribution in [0.1, 0.15) is 4.88 Å². The Morgan fingerprint density at radius 2 is 2.00 bits per heavy atom. The highest BCUT2D eigenvalue weighted by atomic mass is 32.2. The van der Waals surface area contributed by atoms with E-state index >= 15 is 0 Å². The van der Waals surface area contributed by atoms with Gasteiger partial charge in [-0.3, -0.25) is 4.98 Å². The van der Waals surface area contributed by atoms with Crippen molar-refractivity contribution in [2.24, 2.45) is 0 Å². The Bertz CT molecular complexity index is 550. The monoisotopic (exact) mass is 268 g/mol. The van der Waals surface area contributed by atoms with E-state index in [1.165, 1.54) is 11.3 Å². The van der Waals surface area contributed by atoms with Crippen LogP contribution in [0.4, 0.5) is 0 Å². The predicted molar refractivity (Wildman–Crippen MR) is 67.4 cm³/mol. The van der Waals surface area contributed by atoms with Crippen molar-refractivity contribution in [1.29, 1.82) is 0 Å². The van der Waals surface area contributed by atoms with Gasteiger partial charge in [0.15, 0.2) is 0 Å². The van der Waals surface area contributed by atoms with Gasteiger partial charge in [0.1, 0.15) is 0 Å². The second-order valence-electron chi connectivity index (χ2n) is 3.43. The Labute approximate surface area is 104 Å². The number of nitrogens with one attached hydrogen (secondary N) is 1. The maximum absolute atomic E-state index is 11.8. The molecule has 0 unspecified atom stereocenters. The minimum absolute atomic E-state index is 0.296. The zero-order valence-corrected chi connectivity index (χ0v) is 10.7. The van der Waals surface area contributed by atoms with Crippen molar-refractivity contribution in [2.75, 3.05) is 6.54 Å². The zero-order chi connectivity index (χ0) is 12.1. The van der Waals surface area contributed by atoms with Crippen LogP contribution in [0.2, 0.25) is 0 Å². The van der Waals surface area contributed by atoms with Gasteiger partial charge < -0.3 is 0 Å². The quantitative estimate of drug-likeness (QED) is 0.897. The minimum Gasteiger partial charge on any atom is -0.253 e. The lowest BCUT2D eigenvalue weighted by Crippen LogP contribution is -2.25. The summed E-state index contributed by atoms with van der Waals surface area (Å²) in [5.74, 6) is 0. The number of nitrogens with zero attached hydrogens (tertiary/aromatic N) is 1. The molecule has 0 atom stereocenters. The molecular weight excluding hydrogens is 256 g/mol. The van der Waals surface area contributed by atoms with Gasteiger partial charge in [-0.05, 0) is 18.6 Å². The van der Waals surface area contributed by atoms with Crippen LogP contribution in [-0.4, -0.2) is 19.9 Å². The molecule has 1 N–H and O–H groups in total. The summed E-state index contributed by atoms with van der Waals surface area (Å²) in [4.78, 5) is 5.30. The summed E-state index contributed by atoms with van der Waals surface area (Å²) in [5.41, 5.74) is 1.74. The topological polar surface area (TPSA) is 59.1 Å². The molecule has 0 saturated carbocycles. The Balaban J connectivity index is 1.95. The van der Waals surface area contributed by atoms with Gasteiger partial charge in [-0.15, -0.1) is 11.3 Å². The normalized spacial score (nSPS) is 11.5. The van der Waals surface area contributed by atoms with E-state index in [0.717, 1.165) is 4.88 Å². The lowest BCUT2D eigenvalue weighted by Gasteiger charge is -2.05. The molecule has 0 aliphatic heterocycles. The van der Waals surface area contributed by atoms with E-state index in [0.29, 0.717) is 17.9 Å². The first-order valence-corrected chi connectivity index (χ1v) is 7.47. The van der Waals surface area contributed by atoms with E-state index in [-0.39, 0.29) is 0 Å². The standard InChI is InChI=1S/C11H12N2O2S2/c14-17(15,11-4-2-1-3-5-11)13-7-6-10-8-12-9-16-10/h1-5,8-9,13H,6-7H2. The van der Waals surface area contributed by atoms with Crippen LogP contribution in [0, 0.1) is 0 Å². The predicted octanol–water partition coefficient (Wildman–Crippen LogP) is 1.66. The van der Waals surface area contributed by atoms with E-state index in [1.54, 1.807) is 42.0 Å². The number of rotatable bonds is 5. The van der Waals surface area contributed by atoms with E-state index in [9.17, 15) is 8.42 Å². The SMILES string of the molecule is O=S(=O)(NCCc1cncs1)c1ccccc1. The van der Waals surface area contributed by atoms with Gasteiger partial charge in [-0.2, -0.15) is 0 Å². The Hall–Kier alpha value is -1.24. The third-order valence-corrected chi connectivity index (χ3v) is 4.52. The molecule has 0 saturated heterocycles. The fourth-order valence-electron chi connectivity index (χ4n) is 1.36. The second-order valence-corrected chi connectivity index (χ2v) is 6.17. The highest BCUT2D eigenvalue weighted by Crippen LogP contribution is 2.08. The van der Waals surface area contributed by atoms with Crippen molar-refractivity contribution in [1.82, 2.24) is 9.71 Å². The maximum atomic E-state index is 11.8. The highest BCUT2D eigenvalue weighted by Gasteiger charge is 2.12. The molecule has 90 valence electrons. The van der Waals surface area contributed by atoms with Crippen molar-refractivity contribution < 1.29 is 8.42 Å². The van der Waals surface area contributed by atoms with Crippen molar-refractivity contribution >= 4 is 21.4 Å². The fourth-order valence-corrected chi connectivity index (χ4v) is 3.01. The zero-order valence-electron chi connectivity index (χ0n) is 9.04. The first kappa shape index (κ1) is 12.2. The van der Waals surface area contributed by atoms with Gasteiger partial charge in [0.25, 0.3) is 0 Å². The summed E-state index contributed by atoms with van der Waals surface area (Å²) >= 11 is 1.52. The molecule has 17 heavy (non-hydrogen) atoms. The maximum Gasteiger partial charge on any atom is 0.240 e. The minimum atomic E-state index is -3.38. The summed E-state index contributed by atoms with van der Waals surface area (Å²) in [5, 5.41) is 0. The average molecular weight is 268 g/mol. The molecule has 1 aromatic heterocycles. The van der Waals surface area contributed by atoms with Crippen molar-refractivity contribution in [3.63, 3.8) is 0 Å². The summed E-state index contributed by atoms with van der Waals surface area (Å²) in [6.45, 7) is 0.388. The first-order chi connectivity index (χ1) is 8.18. The van der Waals surface area contributed by atoms with Crippen LogP contribution in [0.15, 0.2) is 46.9 Å². The number of sulfonamides is 1. The highest BCUT2D eigenvalue weighted by molar-refractivity contribution is 7.89. The lowest BCUT2D eigenvalue weighted by molar-refractivity contribution is 0.582. The molecule has 0 fully saturated rings. The third kappa shape index (κ3) is 3.36. The van der Waals surface area contributed by atoms with E-state index < -0.39 is 10.0 Å². The number of hydrogen-bond donors (Lipinski definition) is 1. The van der Waals surface area contributed by atoms with Crippen molar-refractivity contribution in [3.05, 3.63) is 46.9 Å². The number of benzene rings is 1. The molecule has 1 heterocycles. The molecule has 0 bridgehead atoms. The lowest BCUT2D eigenvalue weighted by atomic mass is 10.4. The summed E-state index contributed by atoms with van der Waals surface area (Å²) in [7, 11) is -3.38. The van der Waals surface area contributed by atoms with Crippen LogP contribution < -0.4 is 4.72 Å². The third-order valence-electron chi connectivity index (χ3n) is 2.20. The number of hydrogen-bond acceptors (Lipinski definition) is 4. The average Bonchev–Trinajstić information content (AvgIpc) is 2.83. The van der Waals surface area contributed by atoms with Crippen LogP contribution in [0.5, 0.6) is 0 Å². The van der Waals surface area contributed by atoms with E-state index in [4.69, 9.17) is 0 Å². The van der Waals surface area contributed by atoms with Gasteiger partial charge in [0, 0.05) is 17.6 Å². The molecule has 0 radical (unpaired) electrons. The molecule has 6 heteroatoms. The molecule has 1 aromatic carbocycles. The molecule has 4 nitrogen and oxygen atoms in total. The van der Waals surface area contributed by atoms with Gasteiger partial charge in [-0.1, -0.05) is 18.2 Å². The van der Waals surface area contributed by atoms with E-state index in [2.05, 4.69) is 9.71 Å². The molecule has 2 aromatic rings. The van der Waals surface area contributed by atoms with Crippen molar-refractivity contribution in [2.45, 2.75) is 11.3 Å². The fraction of sp³-hybridized carbons (Fsp3) is 0.182. The van der Waals surface area contributed by atoms with E-state index in [1.807, 2.05) is 0 Å². The van der Waals surface area contributed by atoms with Crippen molar-refractivity contribution in [3.8, 4) is 0 Å². The molecule has 0 spiro atoms. The van der Waals surface area contributed by atoms with Crippen LogP contribution in [0.25, 0.3) is 0 Å². The summed E-state index contributed by atoms with van der Waals surface area (Å²) in [6.07, 6.45) is 2.41. The molecule has 0 aliphatic rings. The van der Waals surface area contributed by atoms with Gasteiger partial charge in [-0.25, -0.2) is 13.1 Å². The smallest absolute Gasteiger partial charge is 0.240 e. The molecule has 0 aliphatic carbocycles. The number of aromatic nitrogens is 1. The van der Waals surface area contributed by atoms with Crippen LogP contribution in [0.3, 0.4) is 0 Å². The summed E-state index contributed by atoms with van der Waals surface area (Å²) < 4.78 is 26.2. The van der Waals surface area contributed by atoms with Gasteiger partial charge in [0.2, 0.25) is 10.0 Å².